The molecule has 0 aliphatic carbocycles. The fourth-order valence-corrected chi connectivity index (χ4v) is 12.5. The Labute approximate surface area is 826 Å². The minimum Gasteiger partial charge on any atom is -0.379 e. The zero-order valence-electron chi connectivity index (χ0n) is 99.1. The fourth-order valence-electron chi connectivity index (χ4n) is 11.6. The summed E-state index contributed by atoms with van der Waals surface area (Å²) in [6.07, 6.45) is 31.3. The van der Waals surface area contributed by atoms with Crippen LogP contribution in [0.5, 0.6) is 0 Å². The van der Waals surface area contributed by atoms with Crippen LogP contribution in [0.3, 0.4) is 0 Å². The summed E-state index contributed by atoms with van der Waals surface area (Å²) in [5.74, 6) is 2.66. The lowest BCUT2D eigenvalue weighted by atomic mass is 10.1. The molecule has 8 aliphatic rings. The Morgan fingerprint density at radius 3 is 0.708 bits per heavy atom. The first-order valence-corrected chi connectivity index (χ1v) is 55.9. The van der Waals surface area contributed by atoms with E-state index in [1.807, 2.05) is 242 Å². The molecule has 0 saturated carbocycles. The molecule has 8 fully saturated rings. The van der Waals surface area contributed by atoms with Crippen LogP contribution < -0.4 is 5.73 Å². The highest BCUT2D eigenvalue weighted by Crippen LogP contribution is 2.16. The molecule has 4 aromatic heterocycles. The maximum Gasteiger partial charge on any atom is 0.0948 e. The molecule has 0 unspecified atom stereocenters. The minimum atomic E-state index is 0.333. The topological polar surface area (TPSA) is 135 Å². The van der Waals surface area contributed by atoms with Crippen LogP contribution in [0, 0.1) is 0 Å². The summed E-state index contributed by atoms with van der Waals surface area (Å²) in [5, 5.41) is 11.5. The molecule has 130 heavy (non-hydrogen) atoms. The first-order valence-electron chi connectivity index (χ1n) is 54.8. The van der Waals surface area contributed by atoms with Crippen molar-refractivity contribution in [3.8, 4) is 0 Å². The second-order valence-electron chi connectivity index (χ2n) is 32.7. The summed E-state index contributed by atoms with van der Waals surface area (Å²) in [6.45, 7) is 134. The van der Waals surface area contributed by atoms with Crippen molar-refractivity contribution in [2.24, 2.45) is 5.73 Å². The third kappa shape index (κ3) is 110. The molecule has 12 rings (SSSR count). The Morgan fingerprint density at radius 2 is 0.523 bits per heavy atom. The molecule has 0 aromatic carbocycles. The van der Waals surface area contributed by atoms with Crippen molar-refractivity contribution in [2.75, 3.05) is 150 Å². The molecule has 0 spiro atoms. The number of hydrogen-bond donors (Lipinski definition) is 1. The van der Waals surface area contributed by atoms with E-state index in [0.717, 1.165) is 68.6 Å². The normalized spacial score (nSPS) is 15.5. The monoisotopic (exact) mass is 1870 g/mol. The molecule has 8 saturated heterocycles. The largest absolute Gasteiger partial charge is 0.379 e. The zero-order chi connectivity index (χ0) is 104. The summed E-state index contributed by atoms with van der Waals surface area (Å²) >= 11 is 2.07. The number of morpholine rings is 1. The number of likely N-dealkylation sites (tertiary alicyclic amines) is 4. The SMILES string of the molecule is CC.CC.CC.CC.CC.CC.CC.CC.CC.CC.CC.CC.CC.CC(C)N.CC(C)N1CC1.CC(C)N1CCC1.CC(C)N1CCCC1.CC(C)N1CCCCC1.CC(C)N1CCCCCC1.CC(C)N1CCN(C)CC1.CC(C)N1CCOCC1.CC(C)N1CCSCC1.CC(C)n1cccc1.CC(C)n1cccn1.CC(C)n1ccnc1.CC(C)n1ccnn1. The molecule has 0 atom stereocenters. The smallest absolute Gasteiger partial charge is 0.0948 e. The fraction of sp³-hybridized carbons (Fsp3) is 0.891. The van der Waals surface area contributed by atoms with Gasteiger partial charge in [-0.25, -0.2) is 4.98 Å². The molecule has 2 N–H and O–H groups in total. The number of imidazole rings is 1. The van der Waals surface area contributed by atoms with E-state index in [0.29, 0.717) is 36.3 Å². The van der Waals surface area contributed by atoms with Gasteiger partial charge in [-0.05, 0) is 295 Å². The number of aromatic nitrogens is 8. The highest BCUT2D eigenvalue weighted by Gasteiger charge is 2.20. The van der Waals surface area contributed by atoms with E-state index in [4.69, 9.17) is 10.5 Å². The summed E-state index contributed by atoms with van der Waals surface area (Å²) in [5.41, 5.74) is 5.11. The number of thioether (sulfide) groups is 1. The van der Waals surface area contributed by atoms with Crippen LogP contribution in [-0.2, 0) is 4.74 Å². The Hall–Kier alpha value is -3.25. The van der Waals surface area contributed by atoms with Crippen LogP contribution in [0.15, 0.2) is 74.1 Å². The summed E-state index contributed by atoms with van der Waals surface area (Å²) < 4.78 is 13.2. The van der Waals surface area contributed by atoms with Gasteiger partial charge in [-0.15, -0.1) is 5.10 Å². The first kappa shape index (κ1) is 158. The van der Waals surface area contributed by atoms with Gasteiger partial charge in [-0.2, -0.15) is 16.9 Å². The van der Waals surface area contributed by atoms with Crippen molar-refractivity contribution in [2.45, 2.75) is 503 Å². The molecule has 0 amide bonds. The van der Waals surface area contributed by atoms with Crippen molar-refractivity contribution < 1.29 is 4.74 Å². The molecule has 0 bridgehead atoms. The summed E-state index contributed by atoms with van der Waals surface area (Å²) in [4.78, 5) is 26.4. The van der Waals surface area contributed by atoms with E-state index in [9.17, 15) is 0 Å². The molecular formula is C110H250N18OS. The summed E-state index contributed by atoms with van der Waals surface area (Å²) in [6, 6.07) is 14.5. The molecule has 0 radical (unpaired) electrons. The predicted molar refractivity (Wildman–Crippen MR) is 603 cm³/mol. The highest BCUT2D eigenvalue weighted by atomic mass is 32.2. The van der Waals surface area contributed by atoms with Gasteiger partial charge in [0.1, 0.15) is 0 Å². The van der Waals surface area contributed by atoms with Crippen molar-refractivity contribution in [1.29, 1.82) is 0 Å². The van der Waals surface area contributed by atoms with Crippen molar-refractivity contribution >= 4 is 11.8 Å². The number of ether oxygens (including phenoxy) is 1. The van der Waals surface area contributed by atoms with Crippen molar-refractivity contribution in [3.63, 3.8) is 0 Å². The van der Waals surface area contributed by atoms with E-state index >= 15 is 0 Å². The molecular weight excluding hydrogens is 1620 g/mol. The number of piperidine rings is 1. The average molecular weight is 1870 g/mol. The predicted octanol–water partition coefficient (Wildman–Crippen LogP) is 29.8. The van der Waals surface area contributed by atoms with Crippen molar-refractivity contribution in [1.82, 2.24) is 83.0 Å². The molecule has 19 nitrogen and oxygen atoms in total. The van der Waals surface area contributed by atoms with Crippen LogP contribution in [0.4, 0.5) is 0 Å². The van der Waals surface area contributed by atoms with Gasteiger partial charge in [0, 0.05) is 193 Å². The second kappa shape index (κ2) is 126. The third-order valence-electron chi connectivity index (χ3n) is 19.4. The highest BCUT2D eigenvalue weighted by molar-refractivity contribution is 7.99. The van der Waals surface area contributed by atoms with Gasteiger partial charge in [0.15, 0.2) is 0 Å². The molecule has 4 aromatic rings. The van der Waals surface area contributed by atoms with E-state index in [1.165, 1.54) is 180 Å². The third-order valence-corrected chi connectivity index (χ3v) is 20.3. The van der Waals surface area contributed by atoms with E-state index in [2.05, 4.69) is 271 Å². The Balaban J connectivity index is -0.0000000917. The maximum absolute atomic E-state index is 5.21. The number of nitrogens with two attached hydrogens (primary N) is 1. The zero-order valence-corrected chi connectivity index (χ0v) is 99.9. The lowest BCUT2D eigenvalue weighted by Crippen LogP contribution is -2.47. The number of piperazine rings is 1. The van der Waals surface area contributed by atoms with Gasteiger partial charge in [0.25, 0.3) is 0 Å². The quantitative estimate of drug-likeness (QED) is 0.135. The molecule has 792 valence electrons. The van der Waals surface area contributed by atoms with Gasteiger partial charge in [0.05, 0.1) is 25.7 Å². The van der Waals surface area contributed by atoms with E-state index in [-0.39, 0.29) is 0 Å². The van der Waals surface area contributed by atoms with Gasteiger partial charge in [0.2, 0.25) is 0 Å². The summed E-state index contributed by atoms with van der Waals surface area (Å²) in [7, 11) is 2.19. The molecule has 12 heterocycles. The Morgan fingerprint density at radius 1 is 0.254 bits per heavy atom. The number of rotatable bonds is 12. The number of hydrogen-bond acceptors (Lipinski definition) is 16. The van der Waals surface area contributed by atoms with Gasteiger partial charge < -0.3 is 44.1 Å². The molecule has 8 aliphatic heterocycles. The van der Waals surface area contributed by atoms with Crippen molar-refractivity contribution in [3.05, 3.63) is 74.1 Å². The van der Waals surface area contributed by atoms with Crippen LogP contribution in [0.2, 0.25) is 0 Å². The standard InChI is InChI=1S/C9H19N.C8H18N2.C8H17N.C7H15NO.C7H15NS.C7H15N.C7H11N.2C6H10N2.C6H13N.C5H9N3.C5H11N.C3H9N.13C2H6/c1-9(2)10-7-5-3-4-6-8-10;1-8(2)10-6-4-9(3)5-7-10;1-8(2)9-6-4-3-5-7-9;2*1-7(2)8-3-5-9-6-4-8;2*1-7(2)8-5-3-4-6-8;1-6(2)8-4-3-7-5-8;1-6(2)8-5-3-4-7-8;1-6(2)7-4-3-5-7;1-5(2)8-4-3-6-7-8;1-5(2)6-3-4-6;1-3(2)4;13*1-2/h9H,3-8H2,1-2H3;8H,4-7H2,1-3H3;8H,3-7H2,1-2H3;2*7H,3-6H2,1-2H3;7H,3-6H2,1-2H3;3-7H,1-2H3;2*3-6H,1-2H3;6H,3-5H2,1-2H3;3-5H,1-2H3;5H,3-4H2,1-2H3;3H,4H2,1-2H3;13*1-2H3. The van der Waals surface area contributed by atoms with E-state index in [1.54, 1.807) is 23.3 Å². The molecule has 20 heteroatoms. The van der Waals surface area contributed by atoms with Crippen LogP contribution in [0.25, 0.3) is 0 Å². The first-order chi connectivity index (χ1) is 62.3. The van der Waals surface area contributed by atoms with Gasteiger partial charge in [-0.3, -0.25) is 29.0 Å². The lowest BCUT2D eigenvalue weighted by Gasteiger charge is -2.34. The number of nitrogens with zero attached hydrogens (tertiary/aromatic N) is 17. The second-order valence-corrected chi connectivity index (χ2v) is 34.0. The van der Waals surface area contributed by atoms with Crippen LogP contribution in [0.1, 0.15) is 448 Å². The van der Waals surface area contributed by atoms with E-state index < -0.39 is 0 Å². The van der Waals surface area contributed by atoms with Gasteiger partial charge in [-0.1, -0.05) is 218 Å². The Bertz CT molecular complexity index is 2130. The number of likely N-dealkylation sites (N-methyl/N-ethyl adjacent to an activating group) is 1. The van der Waals surface area contributed by atoms with Gasteiger partial charge >= 0.3 is 0 Å². The lowest BCUT2D eigenvalue weighted by molar-refractivity contribution is 0.0238. The Kier molecular flexibility index (Phi) is 153. The maximum atomic E-state index is 5.21. The van der Waals surface area contributed by atoms with Crippen LogP contribution in [-0.4, -0.2) is 287 Å². The van der Waals surface area contributed by atoms with Crippen LogP contribution >= 0.6 is 11.8 Å². The minimum absolute atomic E-state index is 0.333. The average Bonchev–Trinajstić information content (AvgIpc) is 1.76.